The van der Waals surface area contributed by atoms with Gasteiger partial charge in [-0.2, -0.15) is 0 Å². The number of rotatable bonds is 3. The van der Waals surface area contributed by atoms with Crippen molar-refractivity contribution < 1.29 is 46.1 Å². The molecule has 0 spiro atoms. The van der Waals surface area contributed by atoms with Crippen molar-refractivity contribution in [3.63, 3.8) is 0 Å². The summed E-state index contributed by atoms with van der Waals surface area (Å²) in [6.45, 7) is 19.5. The zero-order valence-electron chi connectivity index (χ0n) is 25.7. The van der Waals surface area contributed by atoms with E-state index in [-0.39, 0.29) is 24.8 Å². The number of allylic oxidation sites excluding steroid dienone is 4. The quantitative estimate of drug-likeness (QED) is 0.474. The minimum atomic E-state index is -2.24. The largest absolute Gasteiger partial charge is 1.00 e. The fourth-order valence-corrected chi connectivity index (χ4v) is 18.4. The van der Waals surface area contributed by atoms with Crippen LogP contribution in [0.1, 0.15) is 96.8 Å². The molecule has 0 N–H and O–H groups in total. The maximum Gasteiger partial charge on any atom is -1.00 e. The summed E-state index contributed by atoms with van der Waals surface area (Å²) in [4.78, 5) is 0. The zero-order chi connectivity index (χ0) is 26.7. The van der Waals surface area contributed by atoms with Gasteiger partial charge in [0.05, 0.1) is 0 Å². The number of fused-ring (bicyclic) bond motifs is 3. The van der Waals surface area contributed by atoms with Crippen LogP contribution in [-0.4, -0.2) is 3.21 Å². The van der Waals surface area contributed by atoms with E-state index in [2.05, 4.69) is 91.8 Å². The van der Waals surface area contributed by atoms with Crippen LogP contribution in [0.3, 0.4) is 0 Å². The van der Waals surface area contributed by atoms with E-state index >= 15 is 0 Å². The molecule has 212 valence electrons. The minimum Gasteiger partial charge on any atom is -1.00 e. The Morgan fingerprint density at radius 1 is 0.725 bits per heavy atom. The molecule has 0 aliphatic heterocycles. The summed E-state index contributed by atoms with van der Waals surface area (Å²) in [5, 5.41) is 0. The molecule has 1 atom stereocenters. The van der Waals surface area contributed by atoms with Crippen LogP contribution in [0.2, 0.25) is 0 Å². The van der Waals surface area contributed by atoms with E-state index in [0.29, 0.717) is 15.0 Å². The van der Waals surface area contributed by atoms with Crippen LogP contribution in [0.25, 0.3) is 11.1 Å². The Morgan fingerprint density at radius 3 is 1.62 bits per heavy atom. The molecule has 4 fully saturated rings. The van der Waals surface area contributed by atoms with Crippen molar-refractivity contribution in [3.8, 4) is 11.1 Å². The summed E-state index contributed by atoms with van der Waals surface area (Å²) in [5.74, 6) is 4.53. The minimum absolute atomic E-state index is 0. The van der Waals surface area contributed by atoms with Gasteiger partial charge in [-0.15, -0.1) is 0 Å². The second kappa shape index (κ2) is 10.8. The third kappa shape index (κ3) is 4.42. The maximum atomic E-state index is 2.83. The van der Waals surface area contributed by atoms with Crippen LogP contribution in [0.4, 0.5) is 0 Å². The Morgan fingerprint density at radius 2 is 1.18 bits per heavy atom. The summed E-state index contributed by atoms with van der Waals surface area (Å²) in [6, 6.07) is 10.2. The zero-order valence-corrected chi connectivity index (χ0v) is 29.7. The van der Waals surface area contributed by atoms with Crippen molar-refractivity contribution in [1.29, 1.82) is 0 Å². The molecule has 0 radical (unpaired) electrons. The van der Waals surface area contributed by atoms with Crippen molar-refractivity contribution in [2.24, 2.45) is 35.0 Å². The SMILES string of the molecule is C[C](C)=[Zr+2]([C]1=CC(C2(C)C3CC4CC(C3)CC2C4)=CC1C)[CH]1c2cc(C)c(C)cc2-c2cc(C)c(C)cc21.[Cl-].[Cl-]. The van der Waals surface area contributed by atoms with E-state index in [0.717, 1.165) is 23.7 Å². The molecule has 2 aromatic carbocycles. The molecule has 0 saturated heterocycles. The molecule has 8 rings (SSSR count). The molecule has 0 amide bonds. The third-order valence-corrected chi connectivity index (χ3v) is 20.7. The van der Waals surface area contributed by atoms with Gasteiger partial charge in [-0.1, -0.05) is 0 Å². The molecule has 1 unspecified atom stereocenters. The molecule has 0 aromatic heterocycles. The molecule has 6 aliphatic rings. The van der Waals surface area contributed by atoms with Gasteiger partial charge in [-0.25, -0.2) is 0 Å². The number of hydrogen-bond acceptors (Lipinski definition) is 0. The fraction of sp³-hybridized carbons (Fsp3) is 0.541. The molecule has 0 nitrogen and oxygen atoms in total. The van der Waals surface area contributed by atoms with E-state index in [9.17, 15) is 0 Å². The Bertz CT molecular complexity index is 1380. The first-order valence-electron chi connectivity index (χ1n) is 15.4. The van der Waals surface area contributed by atoms with Gasteiger partial charge in [0.2, 0.25) is 0 Å². The van der Waals surface area contributed by atoms with Gasteiger partial charge in [0.25, 0.3) is 0 Å². The van der Waals surface area contributed by atoms with Gasteiger partial charge in [0, 0.05) is 0 Å². The molecule has 2 aromatic rings. The predicted molar refractivity (Wildman–Crippen MR) is 160 cm³/mol. The van der Waals surface area contributed by atoms with E-state index in [1.807, 2.05) is 3.28 Å². The van der Waals surface area contributed by atoms with Crippen LogP contribution in [-0.2, 0) is 21.3 Å². The molecule has 6 aliphatic carbocycles. The molecule has 3 heteroatoms. The van der Waals surface area contributed by atoms with Gasteiger partial charge in [-0.05, 0) is 0 Å². The van der Waals surface area contributed by atoms with E-state index < -0.39 is 21.3 Å². The second-order valence-electron chi connectivity index (χ2n) is 14.5. The topological polar surface area (TPSA) is 0 Å². The van der Waals surface area contributed by atoms with Crippen molar-refractivity contribution in [3.05, 3.63) is 78.7 Å². The van der Waals surface area contributed by atoms with Crippen LogP contribution in [0, 0.1) is 62.7 Å². The van der Waals surface area contributed by atoms with E-state index in [4.69, 9.17) is 0 Å². The summed E-state index contributed by atoms with van der Waals surface area (Å²) < 4.78 is 4.24. The van der Waals surface area contributed by atoms with Gasteiger partial charge in [-0.3, -0.25) is 0 Å². The van der Waals surface area contributed by atoms with Gasteiger partial charge in [0.1, 0.15) is 0 Å². The smallest absolute Gasteiger partial charge is 1.00 e. The summed E-state index contributed by atoms with van der Waals surface area (Å²) in [7, 11) is 0. The van der Waals surface area contributed by atoms with Crippen LogP contribution in [0.5, 0.6) is 0 Å². The van der Waals surface area contributed by atoms with E-state index in [1.165, 1.54) is 59.1 Å². The average Bonchev–Trinajstić information content (AvgIpc) is 3.36. The number of hydrogen-bond donors (Lipinski definition) is 0. The standard InChI is InChI=1S/C17H23.C17H17.C3H6.2ClH.Zr/c1-11-3-4-14(5-11)17(2)15-7-12-6-13(9-15)10-16(17)8-12;1-10-5-14-9-15-6-11(2)13(4)8-17(15)16(14)7-12(10)3;1-3-2;;;/h4-5,11-13,15-16H,6-10H2,1-2H3;5-9H,1-4H3;1-2H3;2*1H;/q;;;;;+2/p-2. The fourth-order valence-electron chi connectivity index (χ4n) is 9.84. The first kappa shape index (κ1) is 30.7. The average molecular weight is 653 g/mol. The van der Waals surface area contributed by atoms with Crippen LogP contribution < -0.4 is 24.8 Å². The van der Waals surface area contributed by atoms with Gasteiger partial charge < -0.3 is 24.8 Å². The molecular formula is C37H46Cl2Zr. The maximum absolute atomic E-state index is 2.83. The van der Waals surface area contributed by atoms with Crippen molar-refractivity contribution in [2.45, 2.75) is 91.1 Å². The first-order valence-corrected chi connectivity index (χ1v) is 19.3. The number of benzene rings is 2. The van der Waals surface area contributed by atoms with Crippen molar-refractivity contribution in [1.82, 2.24) is 0 Å². The Balaban J connectivity index is 0.00000161. The summed E-state index contributed by atoms with van der Waals surface area (Å²) in [6.07, 6.45) is 13.1. The van der Waals surface area contributed by atoms with Gasteiger partial charge in [0.15, 0.2) is 0 Å². The van der Waals surface area contributed by atoms with Gasteiger partial charge >= 0.3 is 240 Å². The first-order chi connectivity index (χ1) is 18.1. The summed E-state index contributed by atoms with van der Waals surface area (Å²) >= 11 is -2.24. The molecule has 4 bridgehead atoms. The molecule has 4 saturated carbocycles. The van der Waals surface area contributed by atoms with Crippen LogP contribution in [0.15, 0.2) is 45.3 Å². The van der Waals surface area contributed by atoms with E-state index in [1.54, 1.807) is 26.3 Å². The monoisotopic (exact) mass is 650 g/mol. The Kier molecular flexibility index (Phi) is 8.26. The van der Waals surface area contributed by atoms with Crippen LogP contribution >= 0.6 is 0 Å². The Labute approximate surface area is 263 Å². The molecule has 40 heavy (non-hydrogen) atoms. The predicted octanol–water partition coefficient (Wildman–Crippen LogP) is 3.75. The summed E-state index contributed by atoms with van der Waals surface area (Å²) in [5.41, 5.74) is 14.3. The molecular weight excluding hydrogens is 607 g/mol. The number of halogens is 2. The van der Waals surface area contributed by atoms with Crippen molar-refractivity contribution in [2.75, 3.05) is 0 Å². The normalized spacial score (nSPS) is 30.9. The third-order valence-electron chi connectivity index (χ3n) is 12.1. The second-order valence-corrected chi connectivity index (χ2v) is 21.8. The Hall–Kier alpha value is -0.747. The number of aryl methyl sites for hydroxylation is 4. The molecule has 0 heterocycles. The van der Waals surface area contributed by atoms with Crippen molar-refractivity contribution >= 4 is 3.21 Å².